The summed E-state index contributed by atoms with van der Waals surface area (Å²) < 4.78 is 54.6. The van der Waals surface area contributed by atoms with Gasteiger partial charge in [0, 0.05) is 6.61 Å². The molecule has 0 bridgehead atoms. The van der Waals surface area contributed by atoms with E-state index in [4.69, 9.17) is 55.2 Å². The molecule has 0 saturated carbocycles. The number of carbonyl (C=O) groups is 3. The molecular weight excluding hydrogens is 601 g/mol. The van der Waals surface area contributed by atoms with Gasteiger partial charge >= 0.3 is 57.9 Å². The summed E-state index contributed by atoms with van der Waals surface area (Å²) in [5.74, 6) is -2.35. The Morgan fingerprint density at radius 2 is 1.27 bits per heavy atom. The quantitative estimate of drug-likeness (QED) is 0.0173. The molecule has 0 radical (unpaired) electrons. The predicted octanol–water partition coefficient (Wildman–Crippen LogP) is -6.02. The molecule has 220 valence electrons. The molecule has 0 aliphatic rings. The molecular formula is C14H33N3NaO15S4-. The second-order valence-electron chi connectivity index (χ2n) is 5.46. The number of nitrogens with two attached hydrogens (primary N) is 3. The van der Waals surface area contributed by atoms with Gasteiger partial charge in [-0.2, -0.15) is 26.4 Å². The van der Waals surface area contributed by atoms with Crippen LogP contribution in [0.1, 0.15) is 19.3 Å². The third-order valence-corrected chi connectivity index (χ3v) is 3.49. The summed E-state index contributed by atoms with van der Waals surface area (Å²) in [6.45, 7) is -0.366. The first-order chi connectivity index (χ1) is 16.4. The molecule has 4 atom stereocenters. The number of carboxylic acids is 3. The molecule has 0 aliphatic heterocycles. The van der Waals surface area contributed by atoms with Crippen molar-refractivity contribution in [3.05, 3.63) is 0 Å². The van der Waals surface area contributed by atoms with Crippen molar-refractivity contribution in [1.82, 2.24) is 0 Å². The van der Waals surface area contributed by atoms with Crippen LogP contribution in [-0.4, -0.2) is 114 Å². The zero-order chi connectivity index (χ0) is 29.9. The van der Waals surface area contributed by atoms with E-state index in [0.29, 0.717) is 6.42 Å². The van der Waals surface area contributed by atoms with Crippen molar-refractivity contribution in [2.24, 2.45) is 17.2 Å². The third kappa shape index (κ3) is 61.5. The molecule has 37 heavy (non-hydrogen) atoms. The van der Waals surface area contributed by atoms with Crippen LogP contribution in [0.15, 0.2) is 0 Å². The van der Waals surface area contributed by atoms with Crippen molar-refractivity contribution in [2.75, 3.05) is 31.5 Å². The number of hydrogen-bond donors (Lipinski definition) is 9. The molecule has 0 heterocycles. The number of aliphatic hydroxyl groups excluding tert-OH is 1. The Morgan fingerprint density at radius 1 is 0.946 bits per heavy atom. The van der Waals surface area contributed by atoms with Crippen LogP contribution in [0, 0.1) is 0 Å². The second-order valence-corrected chi connectivity index (χ2v) is 7.88. The Kier molecular flexibility index (Phi) is 45.6. The van der Waals surface area contributed by atoms with Gasteiger partial charge in [-0.1, -0.05) is 0 Å². The van der Waals surface area contributed by atoms with E-state index in [1.807, 2.05) is 6.26 Å². The number of aliphatic hydroxyl groups is 1. The molecule has 18 nitrogen and oxygen atoms in total. The number of rotatable bonds is 13. The number of aliphatic carboxylic acids is 3. The van der Waals surface area contributed by atoms with Crippen molar-refractivity contribution in [3.8, 4) is 0 Å². The summed E-state index contributed by atoms with van der Waals surface area (Å²) in [5.41, 5.74) is 15.2. The second kappa shape index (κ2) is 33.9. The van der Waals surface area contributed by atoms with E-state index in [2.05, 4.69) is 21.9 Å². The Hall–Kier alpha value is -0.150. The van der Waals surface area contributed by atoms with Gasteiger partial charge in [0.15, 0.2) is 0 Å². The first kappa shape index (κ1) is 49.8. The van der Waals surface area contributed by atoms with Crippen molar-refractivity contribution in [2.45, 2.75) is 37.4 Å². The minimum absolute atomic E-state index is 0. The van der Waals surface area contributed by atoms with E-state index in [1.54, 1.807) is 18.0 Å². The maximum absolute atomic E-state index is 10.1. The summed E-state index contributed by atoms with van der Waals surface area (Å²) in [6.07, 6.45) is 4.16. The summed E-state index contributed by atoms with van der Waals surface area (Å²) in [5, 5.41) is 32.7. The maximum Gasteiger partial charge on any atom is 1.00 e. The van der Waals surface area contributed by atoms with E-state index in [0.717, 1.165) is 5.75 Å². The van der Waals surface area contributed by atoms with Crippen LogP contribution < -0.4 is 46.8 Å². The van der Waals surface area contributed by atoms with Crippen LogP contribution in [0.3, 0.4) is 0 Å². The zero-order valence-corrected chi connectivity index (χ0v) is 25.5. The molecule has 0 aromatic heterocycles. The normalized spacial score (nSPS) is 12.8. The molecule has 4 unspecified atom stereocenters. The molecule has 0 fully saturated rings. The van der Waals surface area contributed by atoms with Crippen LogP contribution in [0.25, 0.3) is 0 Å². The van der Waals surface area contributed by atoms with Gasteiger partial charge in [-0.05, 0) is 31.3 Å². The SMILES string of the molecule is CSCCC(N)C(=O)O.C[S-].NC(CCO)C(=O)O.NC(CCOOS(=O)[O-])C(=O)O.O=S(=O)(O)O.[Na+]. The van der Waals surface area contributed by atoms with Crippen LogP contribution in [0.2, 0.25) is 0 Å². The van der Waals surface area contributed by atoms with E-state index in [9.17, 15) is 23.1 Å². The van der Waals surface area contributed by atoms with E-state index < -0.39 is 57.8 Å². The summed E-state index contributed by atoms with van der Waals surface area (Å²) in [6, 6.07) is -2.67. The van der Waals surface area contributed by atoms with Gasteiger partial charge in [0.05, 0.1) is 6.61 Å². The van der Waals surface area contributed by atoms with Crippen molar-refractivity contribution in [1.29, 1.82) is 0 Å². The fourth-order valence-electron chi connectivity index (χ4n) is 1.00. The molecule has 0 rings (SSSR count). The molecule has 0 amide bonds. The largest absolute Gasteiger partial charge is 1.00 e. The molecule has 0 aromatic rings. The number of carboxylic acid groups (broad SMARTS) is 3. The summed E-state index contributed by atoms with van der Waals surface area (Å²) in [4.78, 5) is 34.1. The van der Waals surface area contributed by atoms with E-state index in [-0.39, 0.29) is 55.6 Å². The van der Waals surface area contributed by atoms with Crippen LogP contribution >= 0.6 is 11.8 Å². The Labute approximate surface area is 248 Å². The zero-order valence-electron chi connectivity index (χ0n) is 20.2. The van der Waals surface area contributed by atoms with Crippen molar-refractivity contribution in [3.63, 3.8) is 0 Å². The van der Waals surface area contributed by atoms with Gasteiger partial charge in [0.25, 0.3) is 0 Å². The van der Waals surface area contributed by atoms with Gasteiger partial charge < -0.3 is 54.8 Å². The van der Waals surface area contributed by atoms with Crippen molar-refractivity contribution >= 4 is 64.1 Å². The van der Waals surface area contributed by atoms with E-state index in [1.165, 1.54) is 0 Å². The van der Waals surface area contributed by atoms with Gasteiger partial charge in [-0.15, -0.1) is 4.33 Å². The predicted molar refractivity (Wildman–Crippen MR) is 130 cm³/mol. The number of hydrogen-bond acceptors (Lipinski definition) is 15. The summed E-state index contributed by atoms with van der Waals surface area (Å²) in [7, 11) is -4.67. The Balaban J connectivity index is -0.0000000869. The summed E-state index contributed by atoms with van der Waals surface area (Å²) >= 11 is 2.94. The molecule has 0 saturated heterocycles. The first-order valence-corrected chi connectivity index (χ1v) is 13.6. The van der Waals surface area contributed by atoms with Crippen LogP contribution in [-0.2, 0) is 58.0 Å². The maximum atomic E-state index is 10.1. The molecule has 23 heteroatoms. The molecule has 0 aliphatic carbocycles. The molecule has 12 N–H and O–H groups in total. The van der Waals surface area contributed by atoms with Crippen LogP contribution in [0.5, 0.6) is 0 Å². The topological polar surface area (TPSA) is 343 Å². The minimum atomic E-state index is -4.67. The van der Waals surface area contributed by atoms with E-state index >= 15 is 0 Å². The Bertz CT molecular complexity index is 683. The van der Waals surface area contributed by atoms with Crippen molar-refractivity contribution < 1.29 is 99.9 Å². The van der Waals surface area contributed by atoms with Gasteiger partial charge in [0.2, 0.25) is 0 Å². The Morgan fingerprint density at radius 3 is 1.51 bits per heavy atom. The van der Waals surface area contributed by atoms with Crippen LogP contribution in [0.4, 0.5) is 0 Å². The smallest absolute Gasteiger partial charge is 0.796 e. The van der Waals surface area contributed by atoms with Gasteiger partial charge in [-0.25, -0.2) is 9.10 Å². The fourth-order valence-corrected chi connectivity index (χ4v) is 1.64. The first-order valence-electron chi connectivity index (χ1n) is 8.95. The van der Waals surface area contributed by atoms with Gasteiger partial charge in [-0.3, -0.25) is 23.5 Å². The molecule has 0 aromatic carbocycles. The standard InChI is InChI=1S/C5H11NO2S.C4H9NO6S.C4H9NO3.CH4S.Na.H2O4S/c1-9-3-2-4(6)5(7)8;5-3(4(6)7)1-2-10-11-12(8)9;5-3(1-2-6)4(7)8;1-2;;1-5(2,3)4/h4H,2-3,6H2,1H3,(H,7,8);3H,1-2,5H2,(H,6,7)(H,8,9);3,6H,1-2,5H2,(H,7,8);2H,1H3;;(H2,1,2,3,4)/q;;;;+1;/p-2. The average molecular weight is 635 g/mol. The molecule has 0 spiro atoms. The number of thioether (sulfide) groups is 1. The monoisotopic (exact) mass is 634 g/mol. The fraction of sp³-hybridized carbons (Fsp3) is 0.786. The minimum Gasteiger partial charge on any atom is -0.796 e. The average Bonchev–Trinajstić information content (AvgIpc) is 2.75. The van der Waals surface area contributed by atoms with Gasteiger partial charge in [0.1, 0.15) is 29.5 Å². The third-order valence-electron chi connectivity index (χ3n) is 2.64.